The van der Waals surface area contributed by atoms with Gasteiger partial charge in [-0.1, -0.05) is 23.7 Å². The number of β-amino-alcohol motifs (C(OH)–C–C–N with tert-alkyl or cyclic N) is 1. The second kappa shape index (κ2) is 4.08. The van der Waals surface area contributed by atoms with Crippen LogP contribution in [0.4, 0.5) is 4.39 Å². The Balaban J connectivity index is 2.39. The second-order valence-electron chi connectivity index (χ2n) is 3.91. The number of aliphatic hydroxyl groups is 1. The minimum absolute atomic E-state index is 0.0616. The molecule has 0 saturated carbocycles. The molecule has 1 aliphatic rings. The van der Waals surface area contributed by atoms with Crippen molar-refractivity contribution in [3.05, 3.63) is 34.6 Å². The van der Waals surface area contributed by atoms with E-state index in [1.165, 1.54) is 6.07 Å². The molecule has 1 unspecified atom stereocenters. The first-order valence-electron chi connectivity index (χ1n) is 5.01. The van der Waals surface area contributed by atoms with Gasteiger partial charge in [-0.25, -0.2) is 4.39 Å². The van der Waals surface area contributed by atoms with Crippen LogP contribution in [-0.4, -0.2) is 18.2 Å². The van der Waals surface area contributed by atoms with Crippen LogP contribution in [0.5, 0.6) is 0 Å². The molecule has 1 aromatic rings. The molecule has 0 bridgehead atoms. The van der Waals surface area contributed by atoms with Gasteiger partial charge in [0.2, 0.25) is 0 Å². The van der Waals surface area contributed by atoms with Crippen molar-refractivity contribution in [3.63, 3.8) is 0 Å². The average molecular weight is 230 g/mol. The summed E-state index contributed by atoms with van der Waals surface area (Å²) in [4.78, 5) is 0. The van der Waals surface area contributed by atoms with E-state index in [0.29, 0.717) is 18.5 Å². The molecular weight excluding hydrogens is 217 g/mol. The van der Waals surface area contributed by atoms with E-state index < -0.39 is 11.4 Å². The van der Waals surface area contributed by atoms with E-state index in [1.807, 2.05) is 0 Å². The fourth-order valence-corrected chi connectivity index (χ4v) is 2.16. The quantitative estimate of drug-likeness (QED) is 0.773. The zero-order valence-corrected chi connectivity index (χ0v) is 9.02. The SMILES string of the molecule is OC1(c2cccc(Cl)c2F)CCCNC1. The van der Waals surface area contributed by atoms with Gasteiger partial charge < -0.3 is 10.4 Å². The van der Waals surface area contributed by atoms with Gasteiger partial charge in [-0.05, 0) is 25.5 Å². The smallest absolute Gasteiger partial charge is 0.147 e. The third-order valence-electron chi connectivity index (χ3n) is 2.81. The van der Waals surface area contributed by atoms with Crippen LogP contribution >= 0.6 is 11.6 Å². The molecule has 1 atom stereocenters. The van der Waals surface area contributed by atoms with Crippen molar-refractivity contribution in [2.24, 2.45) is 0 Å². The van der Waals surface area contributed by atoms with E-state index >= 15 is 0 Å². The van der Waals surface area contributed by atoms with Crippen LogP contribution in [0.15, 0.2) is 18.2 Å². The van der Waals surface area contributed by atoms with Crippen LogP contribution in [0.3, 0.4) is 0 Å². The topological polar surface area (TPSA) is 32.3 Å². The van der Waals surface area contributed by atoms with Gasteiger partial charge in [-0.15, -0.1) is 0 Å². The first-order valence-corrected chi connectivity index (χ1v) is 5.39. The van der Waals surface area contributed by atoms with Crippen molar-refractivity contribution in [2.75, 3.05) is 13.1 Å². The van der Waals surface area contributed by atoms with E-state index in [0.717, 1.165) is 13.0 Å². The van der Waals surface area contributed by atoms with Gasteiger partial charge in [0.1, 0.15) is 11.4 Å². The molecular formula is C11H13ClFNO. The molecule has 0 aromatic heterocycles. The van der Waals surface area contributed by atoms with Crippen LogP contribution in [0.1, 0.15) is 18.4 Å². The highest BCUT2D eigenvalue weighted by Gasteiger charge is 2.34. The van der Waals surface area contributed by atoms with Gasteiger partial charge in [0, 0.05) is 12.1 Å². The number of halogens is 2. The number of benzene rings is 1. The molecule has 15 heavy (non-hydrogen) atoms. The van der Waals surface area contributed by atoms with E-state index in [-0.39, 0.29) is 5.02 Å². The Morgan fingerprint density at radius 3 is 2.93 bits per heavy atom. The monoisotopic (exact) mass is 229 g/mol. The van der Waals surface area contributed by atoms with Crippen molar-refractivity contribution < 1.29 is 9.50 Å². The Morgan fingerprint density at radius 1 is 1.47 bits per heavy atom. The maximum absolute atomic E-state index is 13.7. The Labute approximate surface area is 93.1 Å². The molecule has 1 aliphatic heterocycles. The number of rotatable bonds is 1. The lowest BCUT2D eigenvalue weighted by atomic mass is 9.86. The van der Waals surface area contributed by atoms with Gasteiger partial charge in [-0.3, -0.25) is 0 Å². The molecule has 2 N–H and O–H groups in total. The van der Waals surface area contributed by atoms with Gasteiger partial charge in [0.15, 0.2) is 0 Å². The number of piperidine rings is 1. The zero-order chi connectivity index (χ0) is 10.9. The summed E-state index contributed by atoms with van der Waals surface area (Å²) in [5.41, 5.74) is -0.824. The molecule has 0 amide bonds. The highest BCUT2D eigenvalue weighted by atomic mass is 35.5. The minimum Gasteiger partial charge on any atom is -0.384 e. The second-order valence-corrected chi connectivity index (χ2v) is 4.32. The summed E-state index contributed by atoms with van der Waals surface area (Å²) < 4.78 is 13.7. The first-order chi connectivity index (χ1) is 7.13. The van der Waals surface area contributed by atoms with Crippen LogP contribution in [0, 0.1) is 5.82 Å². The molecule has 1 aromatic carbocycles. The van der Waals surface area contributed by atoms with Crippen molar-refractivity contribution in [2.45, 2.75) is 18.4 Å². The summed E-state index contributed by atoms with van der Waals surface area (Å²) in [5, 5.41) is 13.4. The van der Waals surface area contributed by atoms with Crippen molar-refractivity contribution in [1.82, 2.24) is 5.32 Å². The van der Waals surface area contributed by atoms with E-state index in [4.69, 9.17) is 11.6 Å². The summed E-state index contributed by atoms with van der Waals surface area (Å²) >= 11 is 5.69. The molecule has 82 valence electrons. The van der Waals surface area contributed by atoms with E-state index in [9.17, 15) is 9.50 Å². The van der Waals surface area contributed by atoms with Crippen molar-refractivity contribution >= 4 is 11.6 Å². The van der Waals surface area contributed by atoms with Gasteiger partial charge in [0.25, 0.3) is 0 Å². The Kier molecular flexibility index (Phi) is 2.96. The highest BCUT2D eigenvalue weighted by molar-refractivity contribution is 6.30. The van der Waals surface area contributed by atoms with Crippen molar-refractivity contribution in [1.29, 1.82) is 0 Å². The Morgan fingerprint density at radius 2 is 2.27 bits per heavy atom. The lowest BCUT2D eigenvalue weighted by Gasteiger charge is -2.33. The normalized spacial score (nSPS) is 26.6. The van der Waals surface area contributed by atoms with Crippen LogP contribution < -0.4 is 5.32 Å². The summed E-state index contributed by atoms with van der Waals surface area (Å²) in [6, 6.07) is 4.74. The molecule has 1 fully saturated rings. The van der Waals surface area contributed by atoms with Crippen molar-refractivity contribution in [3.8, 4) is 0 Å². The molecule has 1 saturated heterocycles. The fraction of sp³-hybridized carbons (Fsp3) is 0.455. The lowest BCUT2D eigenvalue weighted by Crippen LogP contribution is -2.43. The molecule has 0 spiro atoms. The van der Waals surface area contributed by atoms with Crippen LogP contribution in [0.25, 0.3) is 0 Å². The maximum atomic E-state index is 13.7. The predicted molar refractivity (Wildman–Crippen MR) is 57.4 cm³/mol. The molecule has 1 heterocycles. The molecule has 2 rings (SSSR count). The highest BCUT2D eigenvalue weighted by Crippen LogP contribution is 2.32. The number of hydrogen-bond donors (Lipinski definition) is 2. The molecule has 0 radical (unpaired) electrons. The van der Waals surface area contributed by atoms with Gasteiger partial charge in [0.05, 0.1) is 5.02 Å². The molecule has 0 aliphatic carbocycles. The minimum atomic E-state index is -1.12. The lowest BCUT2D eigenvalue weighted by molar-refractivity contribution is 0.00911. The number of nitrogens with one attached hydrogen (secondary N) is 1. The molecule has 2 nitrogen and oxygen atoms in total. The Hall–Kier alpha value is -0.640. The predicted octanol–water partition coefficient (Wildman–Crippen LogP) is 2.05. The third kappa shape index (κ3) is 2.00. The molecule has 4 heteroatoms. The van der Waals surface area contributed by atoms with Crippen LogP contribution in [-0.2, 0) is 5.60 Å². The summed E-state index contributed by atoms with van der Waals surface area (Å²) in [7, 11) is 0. The number of hydrogen-bond acceptors (Lipinski definition) is 2. The summed E-state index contributed by atoms with van der Waals surface area (Å²) in [6.07, 6.45) is 1.40. The van der Waals surface area contributed by atoms with E-state index in [2.05, 4.69) is 5.32 Å². The zero-order valence-electron chi connectivity index (χ0n) is 8.26. The van der Waals surface area contributed by atoms with Gasteiger partial charge in [-0.2, -0.15) is 0 Å². The maximum Gasteiger partial charge on any atom is 0.147 e. The van der Waals surface area contributed by atoms with Gasteiger partial charge >= 0.3 is 0 Å². The van der Waals surface area contributed by atoms with Crippen LogP contribution in [0.2, 0.25) is 5.02 Å². The Bertz CT molecular complexity index is 364. The third-order valence-corrected chi connectivity index (χ3v) is 3.11. The average Bonchev–Trinajstić information content (AvgIpc) is 2.23. The fourth-order valence-electron chi connectivity index (χ4n) is 1.98. The largest absolute Gasteiger partial charge is 0.384 e. The summed E-state index contributed by atoms with van der Waals surface area (Å²) in [6.45, 7) is 1.24. The summed E-state index contributed by atoms with van der Waals surface area (Å²) in [5.74, 6) is -0.509. The standard InChI is InChI=1S/C11H13ClFNO/c12-9-4-1-3-8(10(9)13)11(15)5-2-6-14-7-11/h1,3-4,14-15H,2,5-7H2. The first kappa shape index (κ1) is 10.9. The van der Waals surface area contributed by atoms with E-state index in [1.54, 1.807) is 12.1 Å².